The molecule has 0 unspecified atom stereocenters. The molecule has 0 aliphatic rings. The van der Waals surface area contributed by atoms with E-state index in [-0.39, 0.29) is 17.8 Å². The fourth-order valence-corrected chi connectivity index (χ4v) is 2.42. The molecule has 120 valence electrons. The molecule has 0 heterocycles. The van der Waals surface area contributed by atoms with E-state index in [1.54, 1.807) is 18.2 Å². The van der Waals surface area contributed by atoms with Gasteiger partial charge >= 0.3 is 0 Å². The van der Waals surface area contributed by atoms with Crippen LogP contribution >= 0.6 is 23.2 Å². The molecule has 23 heavy (non-hydrogen) atoms. The van der Waals surface area contributed by atoms with E-state index >= 15 is 0 Å². The van der Waals surface area contributed by atoms with E-state index in [2.05, 4.69) is 5.32 Å². The van der Waals surface area contributed by atoms with Crippen molar-refractivity contribution in [2.75, 3.05) is 18.9 Å². The van der Waals surface area contributed by atoms with Gasteiger partial charge in [-0.25, -0.2) is 4.39 Å². The van der Waals surface area contributed by atoms with Crippen molar-refractivity contribution in [3.63, 3.8) is 0 Å². The highest BCUT2D eigenvalue weighted by Crippen LogP contribution is 2.29. The van der Waals surface area contributed by atoms with Crippen LogP contribution in [-0.2, 0) is 4.79 Å². The third-order valence-electron chi connectivity index (χ3n) is 3.03. The normalized spacial score (nSPS) is 10.3. The van der Waals surface area contributed by atoms with Gasteiger partial charge in [0, 0.05) is 12.6 Å². The minimum Gasteiger partial charge on any atom is -0.332 e. The summed E-state index contributed by atoms with van der Waals surface area (Å²) in [5.74, 6) is -1.45. The second-order valence-electron chi connectivity index (χ2n) is 4.82. The van der Waals surface area contributed by atoms with Crippen molar-refractivity contribution in [3.05, 3.63) is 63.9 Å². The average molecular weight is 355 g/mol. The molecule has 0 spiro atoms. The number of para-hydroxylation sites is 1. The van der Waals surface area contributed by atoms with Crippen molar-refractivity contribution >= 4 is 40.7 Å². The first-order valence-corrected chi connectivity index (χ1v) is 7.39. The van der Waals surface area contributed by atoms with E-state index in [0.29, 0.717) is 10.0 Å². The maximum absolute atomic E-state index is 13.2. The molecule has 0 saturated heterocycles. The first-order chi connectivity index (χ1) is 10.9. The van der Waals surface area contributed by atoms with E-state index in [0.717, 1.165) is 6.07 Å². The predicted octanol–water partition coefficient (Wildman–Crippen LogP) is 3.84. The topological polar surface area (TPSA) is 49.4 Å². The van der Waals surface area contributed by atoms with Crippen LogP contribution in [0.3, 0.4) is 0 Å². The maximum atomic E-state index is 13.2. The molecule has 0 bridgehead atoms. The van der Waals surface area contributed by atoms with Crippen LogP contribution < -0.4 is 5.32 Å². The Morgan fingerprint density at radius 3 is 2.35 bits per heavy atom. The lowest BCUT2D eigenvalue weighted by Gasteiger charge is -2.17. The van der Waals surface area contributed by atoms with Crippen molar-refractivity contribution in [2.45, 2.75) is 0 Å². The van der Waals surface area contributed by atoms with Gasteiger partial charge in [-0.2, -0.15) is 0 Å². The van der Waals surface area contributed by atoms with Crippen LogP contribution in [0.2, 0.25) is 10.0 Å². The third-order valence-corrected chi connectivity index (χ3v) is 3.66. The van der Waals surface area contributed by atoms with E-state index in [4.69, 9.17) is 23.2 Å². The number of halogens is 3. The van der Waals surface area contributed by atoms with Gasteiger partial charge in [-0.15, -0.1) is 0 Å². The number of carbonyl (C=O) groups excluding carboxylic acids is 2. The Morgan fingerprint density at radius 1 is 1.13 bits per heavy atom. The second kappa shape index (κ2) is 7.44. The Labute approximate surface area is 142 Å². The molecular formula is C16H13Cl2FN2O2. The van der Waals surface area contributed by atoms with Crippen molar-refractivity contribution in [2.24, 2.45) is 0 Å². The molecule has 0 aromatic heterocycles. The first kappa shape index (κ1) is 17.2. The number of hydrogen-bond donors (Lipinski definition) is 1. The monoisotopic (exact) mass is 354 g/mol. The number of rotatable bonds is 4. The van der Waals surface area contributed by atoms with Gasteiger partial charge in [0.05, 0.1) is 22.3 Å². The lowest BCUT2D eigenvalue weighted by atomic mass is 10.2. The van der Waals surface area contributed by atoms with Gasteiger partial charge in [0.15, 0.2) is 0 Å². The molecule has 2 amide bonds. The molecule has 0 atom stereocenters. The Hall–Kier alpha value is -2.11. The fourth-order valence-electron chi connectivity index (χ4n) is 1.93. The Balaban J connectivity index is 2.04. The van der Waals surface area contributed by atoms with Crippen LogP contribution in [0, 0.1) is 5.82 Å². The molecule has 0 radical (unpaired) electrons. The summed E-state index contributed by atoms with van der Waals surface area (Å²) < 4.78 is 13.2. The van der Waals surface area contributed by atoms with Crippen LogP contribution in [0.4, 0.5) is 10.1 Å². The Morgan fingerprint density at radius 2 is 1.74 bits per heavy atom. The number of likely N-dealkylation sites (N-methyl/N-ethyl adjacent to an activating group) is 1. The minimum atomic E-state index is -0.517. The highest BCUT2D eigenvalue weighted by Gasteiger charge is 2.17. The molecule has 2 aromatic carbocycles. The zero-order chi connectivity index (χ0) is 17.0. The second-order valence-corrected chi connectivity index (χ2v) is 5.63. The molecule has 1 N–H and O–H groups in total. The van der Waals surface area contributed by atoms with E-state index in [1.807, 2.05) is 0 Å². The Bertz CT molecular complexity index is 732. The molecular weight excluding hydrogens is 342 g/mol. The summed E-state index contributed by atoms with van der Waals surface area (Å²) >= 11 is 11.9. The summed E-state index contributed by atoms with van der Waals surface area (Å²) in [7, 11) is 1.45. The predicted molar refractivity (Wildman–Crippen MR) is 88.5 cm³/mol. The van der Waals surface area contributed by atoms with Gasteiger partial charge in [-0.1, -0.05) is 35.3 Å². The average Bonchev–Trinajstić information content (AvgIpc) is 2.50. The lowest BCUT2D eigenvalue weighted by Crippen LogP contribution is -2.35. The number of hydrogen-bond acceptors (Lipinski definition) is 2. The number of benzene rings is 2. The standard InChI is InChI=1S/C16H13Cl2FN2O2/c1-21(16(23)10-4-2-5-11(19)8-10)9-14(22)20-15-12(17)6-3-7-13(15)18/h2-8H,9H2,1H3,(H,20,22). The summed E-state index contributed by atoms with van der Waals surface area (Å²) in [4.78, 5) is 25.4. The van der Waals surface area contributed by atoms with E-state index in [9.17, 15) is 14.0 Å². The van der Waals surface area contributed by atoms with Gasteiger partial charge in [0.25, 0.3) is 5.91 Å². The third kappa shape index (κ3) is 4.43. The summed E-state index contributed by atoms with van der Waals surface area (Å²) in [6.07, 6.45) is 0. The van der Waals surface area contributed by atoms with Crippen molar-refractivity contribution in [1.82, 2.24) is 4.90 Å². The first-order valence-electron chi connectivity index (χ1n) is 6.63. The van der Waals surface area contributed by atoms with Gasteiger partial charge in [-0.05, 0) is 30.3 Å². The van der Waals surface area contributed by atoms with Crippen LogP contribution in [-0.4, -0.2) is 30.3 Å². The molecule has 0 aliphatic carbocycles. The number of anilines is 1. The summed E-state index contributed by atoms with van der Waals surface area (Å²) in [6, 6.07) is 10.1. The highest BCUT2D eigenvalue weighted by molar-refractivity contribution is 6.39. The zero-order valence-electron chi connectivity index (χ0n) is 12.1. The zero-order valence-corrected chi connectivity index (χ0v) is 13.7. The van der Waals surface area contributed by atoms with Crippen LogP contribution in [0.1, 0.15) is 10.4 Å². The molecule has 0 saturated carbocycles. The SMILES string of the molecule is CN(CC(=O)Nc1c(Cl)cccc1Cl)C(=O)c1cccc(F)c1. The van der Waals surface area contributed by atoms with E-state index in [1.165, 1.54) is 30.1 Å². The molecule has 0 fully saturated rings. The Kier molecular flexibility index (Phi) is 5.58. The quantitative estimate of drug-likeness (QED) is 0.906. The van der Waals surface area contributed by atoms with E-state index < -0.39 is 17.6 Å². The highest BCUT2D eigenvalue weighted by atomic mass is 35.5. The largest absolute Gasteiger partial charge is 0.332 e. The van der Waals surface area contributed by atoms with Crippen LogP contribution in [0.15, 0.2) is 42.5 Å². The van der Waals surface area contributed by atoms with Gasteiger partial charge in [-0.3, -0.25) is 9.59 Å². The number of nitrogens with zero attached hydrogens (tertiary/aromatic N) is 1. The fraction of sp³-hybridized carbons (Fsp3) is 0.125. The molecule has 2 rings (SSSR count). The summed E-state index contributed by atoms with van der Waals surface area (Å²) in [5, 5.41) is 3.15. The molecule has 4 nitrogen and oxygen atoms in total. The number of amides is 2. The van der Waals surface area contributed by atoms with Crippen LogP contribution in [0.5, 0.6) is 0 Å². The maximum Gasteiger partial charge on any atom is 0.254 e. The number of nitrogens with one attached hydrogen (secondary N) is 1. The smallest absolute Gasteiger partial charge is 0.254 e. The summed E-state index contributed by atoms with van der Waals surface area (Å²) in [5.41, 5.74) is 0.448. The minimum absolute atomic E-state index is 0.163. The van der Waals surface area contributed by atoms with Gasteiger partial charge in [0.1, 0.15) is 5.82 Å². The van der Waals surface area contributed by atoms with Gasteiger partial charge in [0.2, 0.25) is 5.91 Å². The van der Waals surface area contributed by atoms with Crippen molar-refractivity contribution in [1.29, 1.82) is 0 Å². The number of carbonyl (C=O) groups is 2. The molecule has 0 aliphatic heterocycles. The molecule has 2 aromatic rings. The van der Waals surface area contributed by atoms with Crippen molar-refractivity contribution < 1.29 is 14.0 Å². The molecule has 7 heteroatoms. The van der Waals surface area contributed by atoms with Gasteiger partial charge < -0.3 is 10.2 Å². The van der Waals surface area contributed by atoms with Crippen molar-refractivity contribution in [3.8, 4) is 0 Å². The summed E-state index contributed by atoms with van der Waals surface area (Å²) in [6.45, 7) is -0.225. The van der Waals surface area contributed by atoms with Crippen LogP contribution in [0.25, 0.3) is 0 Å². The lowest BCUT2D eigenvalue weighted by molar-refractivity contribution is -0.116.